The van der Waals surface area contributed by atoms with E-state index in [0.29, 0.717) is 32.1 Å². The Kier molecular flexibility index (Phi) is 18.5. The molecule has 15 N–H and O–H groups in total. The average molecular weight is 1220 g/mol. The van der Waals surface area contributed by atoms with Gasteiger partial charge >= 0.3 is 5.97 Å². The van der Waals surface area contributed by atoms with E-state index in [1.165, 1.54) is 20.8 Å². The Morgan fingerprint density at radius 2 is 1.05 bits per heavy atom. The van der Waals surface area contributed by atoms with Crippen molar-refractivity contribution in [2.45, 2.75) is 286 Å². The lowest BCUT2D eigenvalue weighted by atomic mass is 9.33. The molecule has 5 heterocycles. The molecule has 4 saturated carbocycles. The van der Waals surface area contributed by atoms with E-state index >= 15 is 4.79 Å². The molecule has 0 radical (unpaired) electrons. The summed E-state index contributed by atoms with van der Waals surface area (Å²) in [6.07, 6.45) is -35.2. The van der Waals surface area contributed by atoms with Crippen LogP contribution in [0.1, 0.15) is 121 Å². The average Bonchev–Trinajstić information content (AvgIpc) is 0.676. The highest BCUT2D eigenvalue weighted by Gasteiger charge is 2.73. The number of fused-ring (bicyclic) bond motifs is 7. The minimum absolute atomic E-state index is 0.113. The number of esters is 1. The minimum Gasteiger partial charge on any atom is -0.432 e. The van der Waals surface area contributed by atoms with Crippen LogP contribution in [0.3, 0.4) is 0 Å². The van der Waals surface area contributed by atoms with Crippen LogP contribution < -0.4 is 0 Å². The molecule has 488 valence electrons. The summed E-state index contributed by atoms with van der Waals surface area (Å²) in [5.74, 6) is -1.74. The van der Waals surface area contributed by atoms with Crippen molar-refractivity contribution in [1.29, 1.82) is 0 Å². The Morgan fingerprint density at radius 3 is 1.65 bits per heavy atom. The molecule has 0 bridgehead atoms. The fourth-order valence-electron chi connectivity index (χ4n) is 17.8. The summed E-state index contributed by atoms with van der Waals surface area (Å²) >= 11 is 0. The highest BCUT2D eigenvalue weighted by atomic mass is 16.8. The number of aliphatic hydroxyl groups is 15. The van der Waals surface area contributed by atoms with Gasteiger partial charge in [-0.05, 0) is 118 Å². The molecule has 10 aliphatic rings. The number of rotatable bonds is 11. The molecule has 85 heavy (non-hydrogen) atoms. The maximum absolute atomic E-state index is 15.5. The molecule has 26 nitrogen and oxygen atoms in total. The molecule has 5 aliphatic heterocycles. The van der Waals surface area contributed by atoms with Crippen molar-refractivity contribution in [3.63, 3.8) is 0 Å². The molecule has 35 atom stereocenters. The summed E-state index contributed by atoms with van der Waals surface area (Å²) in [5, 5.41) is 168. The number of carbonyl (C=O) groups is 1. The van der Waals surface area contributed by atoms with E-state index in [1.54, 1.807) is 6.92 Å². The van der Waals surface area contributed by atoms with E-state index < -0.39 is 211 Å². The van der Waals surface area contributed by atoms with Crippen LogP contribution in [-0.2, 0) is 52.2 Å². The van der Waals surface area contributed by atoms with Crippen LogP contribution in [0, 0.1) is 50.2 Å². The fraction of sp³-hybridized carbons (Fsp3) is 0.949. The molecule has 10 rings (SSSR count). The second-order valence-corrected chi connectivity index (χ2v) is 28.7. The SMILES string of the molecule is C[C@@H]1O[C@@H](O[C@@H]2[C@@H](O)[C@H](O[C@@H]3[C@@H](O)[C@@H](O)[C@@H](O[C@H]4[C@H](OC(=O)[C@]56CCC(C)(C)C[C@H]5C5=CC[C@@H]7[C@@]8(C)C[C@H](O)[C@H](O[C@@H]9O[C@@H](C)[C@H](O)[C@@H](O)[C@H]9O)[C@@](C)(CO)[C@@H]8CC[C@@]7(C)[C@]5(C)C[C@H]6O)O[C@H](C)[C@H](O)[C@@H]4O)O[C@H]3C)OC[C@H]2O)[C@H](O)[C@H](O)[C@H]1O. The summed E-state index contributed by atoms with van der Waals surface area (Å²) in [5.41, 5.74) is -3.80. The maximum Gasteiger partial charge on any atom is 0.317 e. The summed E-state index contributed by atoms with van der Waals surface area (Å²) in [4.78, 5) is 15.5. The zero-order valence-corrected chi connectivity index (χ0v) is 50.2. The van der Waals surface area contributed by atoms with Crippen LogP contribution >= 0.6 is 0 Å². The Bertz CT molecular complexity index is 2400. The van der Waals surface area contributed by atoms with Crippen LogP contribution in [-0.4, -0.2) is 262 Å². The van der Waals surface area contributed by atoms with Gasteiger partial charge in [0.25, 0.3) is 0 Å². The van der Waals surface area contributed by atoms with Crippen LogP contribution in [0.15, 0.2) is 11.6 Å². The lowest BCUT2D eigenvalue weighted by Gasteiger charge is -2.72. The van der Waals surface area contributed by atoms with Gasteiger partial charge in [-0.15, -0.1) is 0 Å². The third-order valence-corrected chi connectivity index (χ3v) is 23.1. The van der Waals surface area contributed by atoms with Crippen molar-refractivity contribution >= 4 is 5.97 Å². The van der Waals surface area contributed by atoms with Crippen LogP contribution in [0.4, 0.5) is 0 Å². The van der Waals surface area contributed by atoms with Gasteiger partial charge in [-0.25, -0.2) is 0 Å². The third kappa shape index (κ3) is 10.7. The number of aliphatic hydroxyl groups excluding tert-OH is 15. The first-order valence-corrected chi connectivity index (χ1v) is 30.5. The van der Waals surface area contributed by atoms with Crippen molar-refractivity contribution in [2.24, 2.45) is 50.2 Å². The molecule has 0 amide bonds. The normalized spacial score (nSPS) is 57.0. The molecule has 0 spiro atoms. The summed E-state index contributed by atoms with van der Waals surface area (Å²) < 4.78 is 59.6. The molecule has 0 unspecified atom stereocenters. The van der Waals surface area contributed by atoms with E-state index in [2.05, 4.69) is 40.7 Å². The van der Waals surface area contributed by atoms with Gasteiger partial charge in [0.2, 0.25) is 6.29 Å². The van der Waals surface area contributed by atoms with E-state index in [4.69, 9.17) is 47.4 Å². The lowest BCUT2D eigenvalue weighted by Crippen LogP contribution is -2.70. The van der Waals surface area contributed by atoms with Crippen molar-refractivity contribution in [3.05, 3.63) is 11.6 Å². The Balaban J connectivity index is 0.865. The van der Waals surface area contributed by atoms with E-state index in [0.717, 1.165) is 5.57 Å². The smallest absolute Gasteiger partial charge is 0.317 e. The lowest BCUT2D eigenvalue weighted by molar-refractivity contribution is -0.380. The van der Waals surface area contributed by atoms with E-state index in [9.17, 15) is 76.6 Å². The van der Waals surface area contributed by atoms with Crippen molar-refractivity contribution < 1.29 is 129 Å². The fourth-order valence-corrected chi connectivity index (χ4v) is 17.8. The molecular weight excluding hydrogens is 1120 g/mol. The Morgan fingerprint density at radius 1 is 0.529 bits per heavy atom. The Hall–Kier alpha value is -1.75. The van der Waals surface area contributed by atoms with Crippen molar-refractivity contribution in [3.8, 4) is 0 Å². The zero-order chi connectivity index (χ0) is 62.3. The maximum atomic E-state index is 15.5. The van der Waals surface area contributed by atoms with Gasteiger partial charge in [-0.2, -0.15) is 0 Å². The molecule has 5 saturated heterocycles. The second kappa shape index (κ2) is 23.7. The number of hydrogen-bond acceptors (Lipinski definition) is 26. The van der Waals surface area contributed by atoms with Crippen LogP contribution in [0.2, 0.25) is 0 Å². The van der Waals surface area contributed by atoms with Gasteiger partial charge in [0.05, 0.1) is 55.9 Å². The number of allylic oxidation sites excluding steroid dienone is 2. The van der Waals surface area contributed by atoms with Gasteiger partial charge in [-0.3, -0.25) is 4.79 Å². The molecule has 9 fully saturated rings. The number of hydrogen-bond donors (Lipinski definition) is 15. The minimum atomic E-state index is -1.98. The van der Waals surface area contributed by atoms with E-state index in [1.807, 2.05) is 6.92 Å². The summed E-state index contributed by atoms with van der Waals surface area (Å²) in [7, 11) is 0. The quantitative estimate of drug-likeness (QED) is 0.0575. The first kappa shape index (κ1) is 66.2. The number of carbonyl (C=O) groups excluding carboxylic acids is 1. The topological polar surface area (TPSA) is 413 Å². The molecule has 26 heteroatoms. The highest BCUT2D eigenvalue weighted by Crippen LogP contribution is 2.76. The molecule has 0 aromatic rings. The summed E-state index contributed by atoms with van der Waals surface area (Å²) in [6, 6.07) is 0. The third-order valence-electron chi connectivity index (χ3n) is 23.1. The van der Waals surface area contributed by atoms with Gasteiger partial charge < -0.3 is 124 Å². The van der Waals surface area contributed by atoms with Crippen LogP contribution in [0.5, 0.6) is 0 Å². The largest absolute Gasteiger partial charge is 0.432 e. The molecular formula is C59H96O26. The standard InChI is InChI=1S/C59H96O26/c1-22-33(64)36(67)40(71)49(77-22)82-45-29(62)20-76-48(43(45)74)81-44-25(4)80-50(42(73)39(44)70)83-46-38(69)35(66)24(3)79-52(46)85-53(75)59-16-15-54(5,6)17-27(59)26-11-12-31-55(7)18-28(61)47(84-51-41(72)37(68)34(65)23(2)78-51)56(8,21-60)30(55)13-14-57(31,9)58(26,10)19-32(59)63/h11,22-25,27-52,60-74H,12-21H2,1-10H3/t22-,23-,24+,25-,27-,28-,29+,30+,31+,32+,33-,34-,35-,36+,37+,38-,39-,40+,41+,42+,43+,44-,45-,46+,47-,48-,49-,50+,51-,52-,55-,56-,57+,58+,59+/m0/s1. The summed E-state index contributed by atoms with van der Waals surface area (Å²) in [6.45, 7) is 17.6. The van der Waals surface area contributed by atoms with Gasteiger partial charge in [-0.1, -0.05) is 53.2 Å². The first-order valence-electron chi connectivity index (χ1n) is 30.5. The monoisotopic (exact) mass is 1220 g/mol. The van der Waals surface area contributed by atoms with Gasteiger partial charge in [0, 0.05) is 5.41 Å². The zero-order valence-electron chi connectivity index (χ0n) is 50.2. The molecule has 0 aromatic heterocycles. The number of ether oxygens (including phenoxy) is 10. The second-order valence-electron chi connectivity index (χ2n) is 28.7. The predicted molar refractivity (Wildman–Crippen MR) is 288 cm³/mol. The highest BCUT2D eigenvalue weighted by molar-refractivity contribution is 5.80. The van der Waals surface area contributed by atoms with Gasteiger partial charge in [0.1, 0.15) is 90.9 Å². The Labute approximate surface area is 494 Å². The predicted octanol–water partition coefficient (Wildman–Crippen LogP) is -2.55. The van der Waals surface area contributed by atoms with Gasteiger partial charge in [0.15, 0.2) is 31.3 Å². The van der Waals surface area contributed by atoms with Crippen molar-refractivity contribution in [2.75, 3.05) is 13.2 Å². The molecule has 5 aliphatic carbocycles. The van der Waals surface area contributed by atoms with E-state index in [-0.39, 0.29) is 43.1 Å². The van der Waals surface area contributed by atoms with Crippen LogP contribution in [0.25, 0.3) is 0 Å². The first-order chi connectivity index (χ1) is 39.6. The molecule has 0 aromatic carbocycles. The van der Waals surface area contributed by atoms with Crippen molar-refractivity contribution in [1.82, 2.24) is 0 Å².